The second-order valence-corrected chi connectivity index (χ2v) is 4.24. The van der Waals surface area contributed by atoms with Crippen LogP contribution in [0.1, 0.15) is 24.2 Å². The van der Waals surface area contributed by atoms with Crippen molar-refractivity contribution in [1.82, 2.24) is 9.97 Å². The highest BCUT2D eigenvalue weighted by molar-refractivity contribution is 5.94. The van der Waals surface area contributed by atoms with Crippen LogP contribution in [-0.2, 0) is 11.2 Å². The van der Waals surface area contributed by atoms with Crippen LogP contribution in [0.3, 0.4) is 0 Å². The molecule has 0 spiro atoms. The molecular weight excluding hydrogens is 214 g/mol. The highest BCUT2D eigenvalue weighted by Gasteiger charge is 2.33. The molecule has 1 aromatic heterocycles. The van der Waals surface area contributed by atoms with Crippen molar-refractivity contribution in [2.45, 2.75) is 19.4 Å². The lowest BCUT2D eigenvalue weighted by Crippen LogP contribution is -2.30. The zero-order valence-electron chi connectivity index (χ0n) is 9.55. The van der Waals surface area contributed by atoms with Gasteiger partial charge in [-0.1, -0.05) is 18.2 Å². The van der Waals surface area contributed by atoms with E-state index in [0.717, 1.165) is 17.8 Å². The van der Waals surface area contributed by atoms with Gasteiger partial charge in [-0.3, -0.25) is 4.79 Å². The Balaban J connectivity index is 2.07. The van der Waals surface area contributed by atoms with Gasteiger partial charge in [0.1, 0.15) is 0 Å². The monoisotopic (exact) mass is 227 g/mol. The fraction of sp³-hybridized carbons (Fsp3) is 0.231. The predicted octanol–water partition coefficient (Wildman–Crippen LogP) is 2.06. The number of carbonyl (C=O) groups excluding carboxylic acids is 1. The van der Waals surface area contributed by atoms with Gasteiger partial charge in [0, 0.05) is 19.0 Å². The van der Waals surface area contributed by atoms with Gasteiger partial charge in [-0.15, -0.1) is 0 Å². The number of aromatic amines is 1. The minimum absolute atomic E-state index is 0.0485. The molecule has 0 fully saturated rings. The SMILES string of the molecule is CC(=O)N1c2ccccc2CC1c1cnc[nH]1. The van der Waals surface area contributed by atoms with Gasteiger partial charge in [0.25, 0.3) is 0 Å². The number of nitrogens with zero attached hydrogens (tertiary/aromatic N) is 2. The number of imidazole rings is 1. The second-order valence-electron chi connectivity index (χ2n) is 4.24. The van der Waals surface area contributed by atoms with Gasteiger partial charge in [-0.25, -0.2) is 4.98 Å². The summed E-state index contributed by atoms with van der Waals surface area (Å²) < 4.78 is 0. The van der Waals surface area contributed by atoms with Crippen LogP contribution in [0.15, 0.2) is 36.8 Å². The number of carbonyl (C=O) groups is 1. The van der Waals surface area contributed by atoms with Crippen molar-refractivity contribution < 1.29 is 4.79 Å². The average Bonchev–Trinajstić information content (AvgIpc) is 2.95. The molecule has 17 heavy (non-hydrogen) atoms. The van der Waals surface area contributed by atoms with Crippen molar-refractivity contribution in [2.75, 3.05) is 4.90 Å². The lowest BCUT2D eigenvalue weighted by atomic mass is 10.1. The fourth-order valence-corrected chi connectivity index (χ4v) is 2.47. The molecule has 0 saturated heterocycles. The molecule has 1 aliphatic rings. The molecule has 0 aliphatic carbocycles. The van der Waals surface area contributed by atoms with E-state index in [0.29, 0.717) is 0 Å². The maximum atomic E-state index is 11.8. The zero-order valence-corrected chi connectivity index (χ0v) is 9.55. The Labute approximate surface area is 99.3 Å². The largest absolute Gasteiger partial charge is 0.347 e. The minimum atomic E-state index is 0.0485. The van der Waals surface area contributed by atoms with Crippen LogP contribution >= 0.6 is 0 Å². The first-order valence-electron chi connectivity index (χ1n) is 5.63. The van der Waals surface area contributed by atoms with Gasteiger partial charge in [0.05, 0.1) is 24.3 Å². The molecular formula is C13H13N3O. The Bertz CT molecular complexity index is 548. The maximum absolute atomic E-state index is 11.8. The first-order valence-corrected chi connectivity index (χ1v) is 5.63. The van der Waals surface area contributed by atoms with Crippen LogP contribution in [0.2, 0.25) is 0 Å². The molecule has 4 nitrogen and oxygen atoms in total. The molecule has 1 N–H and O–H groups in total. The molecule has 1 unspecified atom stereocenters. The van der Waals surface area contributed by atoms with Crippen molar-refractivity contribution in [1.29, 1.82) is 0 Å². The van der Waals surface area contributed by atoms with E-state index in [9.17, 15) is 4.79 Å². The molecule has 0 radical (unpaired) electrons. The summed E-state index contributed by atoms with van der Waals surface area (Å²) in [7, 11) is 0. The number of rotatable bonds is 1. The Morgan fingerprint density at radius 3 is 3.00 bits per heavy atom. The standard InChI is InChI=1S/C13H13N3O/c1-9(17)16-12-5-3-2-4-10(12)6-13(16)11-7-14-8-15-11/h2-5,7-8,13H,6H2,1H3,(H,14,15). The van der Waals surface area contributed by atoms with E-state index in [1.54, 1.807) is 19.4 Å². The number of hydrogen-bond acceptors (Lipinski definition) is 2. The summed E-state index contributed by atoms with van der Waals surface area (Å²) in [6, 6.07) is 8.08. The van der Waals surface area contributed by atoms with E-state index < -0.39 is 0 Å². The van der Waals surface area contributed by atoms with E-state index in [1.165, 1.54) is 5.56 Å². The van der Waals surface area contributed by atoms with Gasteiger partial charge >= 0.3 is 0 Å². The van der Waals surface area contributed by atoms with Crippen LogP contribution < -0.4 is 4.90 Å². The molecule has 4 heteroatoms. The summed E-state index contributed by atoms with van der Waals surface area (Å²) in [5.41, 5.74) is 3.21. The van der Waals surface area contributed by atoms with Crippen molar-refractivity contribution >= 4 is 11.6 Å². The van der Waals surface area contributed by atoms with E-state index in [1.807, 2.05) is 23.1 Å². The topological polar surface area (TPSA) is 49.0 Å². The molecule has 2 aromatic rings. The summed E-state index contributed by atoms with van der Waals surface area (Å²) in [5.74, 6) is 0.0644. The quantitative estimate of drug-likeness (QED) is 0.810. The van der Waals surface area contributed by atoms with Crippen molar-refractivity contribution in [3.63, 3.8) is 0 Å². The van der Waals surface area contributed by atoms with Crippen molar-refractivity contribution in [2.24, 2.45) is 0 Å². The number of nitrogens with one attached hydrogen (secondary N) is 1. The van der Waals surface area contributed by atoms with E-state index in [4.69, 9.17) is 0 Å². The van der Waals surface area contributed by atoms with Gasteiger partial charge in [0.15, 0.2) is 0 Å². The Hall–Kier alpha value is -2.10. The van der Waals surface area contributed by atoms with E-state index >= 15 is 0 Å². The number of hydrogen-bond donors (Lipinski definition) is 1. The van der Waals surface area contributed by atoms with Crippen molar-refractivity contribution in [3.8, 4) is 0 Å². The summed E-state index contributed by atoms with van der Waals surface area (Å²) in [6.07, 6.45) is 4.28. The third kappa shape index (κ3) is 1.53. The van der Waals surface area contributed by atoms with E-state index in [2.05, 4.69) is 16.0 Å². The van der Waals surface area contributed by atoms with E-state index in [-0.39, 0.29) is 11.9 Å². The average molecular weight is 227 g/mol. The summed E-state index contributed by atoms with van der Waals surface area (Å²) in [5, 5.41) is 0. The lowest BCUT2D eigenvalue weighted by Gasteiger charge is -2.23. The van der Waals surface area contributed by atoms with Crippen LogP contribution in [0.4, 0.5) is 5.69 Å². The number of aromatic nitrogens is 2. The Morgan fingerprint density at radius 1 is 1.47 bits per heavy atom. The predicted molar refractivity (Wildman–Crippen MR) is 64.6 cm³/mol. The van der Waals surface area contributed by atoms with Crippen LogP contribution in [0.25, 0.3) is 0 Å². The highest BCUT2D eigenvalue weighted by atomic mass is 16.2. The van der Waals surface area contributed by atoms with Crippen molar-refractivity contribution in [3.05, 3.63) is 48.0 Å². The number of H-pyrrole nitrogens is 1. The first-order chi connectivity index (χ1) is 8.27. The summed E-state index contributed by atoms with van der Waals surface area (Å²) >= 11 is 0. The molecule has 3 rings (SSSR count). The molecule has 1 amide bonds. The molecule has 1 atom stereocenters. The van der Waals surface area contributed by atoms with Crippen LogP contribution in [-0.4, -0.2) is 15.9 Å². The van der Waals surface area contributed by atoms with Gasteiger partial charge in [-0.05, 0) is 11.6 Å². The second kappa shape index (κ2) is 3.73. The van der Waals surface area contributed by atoms with Gasteiger partial charge < -0.3 is 9.88 Å². The highest BCUT2D eigenvalue weighted by Crippen LogP contribution is 2.39. The normalized spacial score (nSPS) is 18.2. The number of anilines is 1. The molecule has 0 bridgehead atoms. The summed E-state index contributed by atoms with van der Waals surface area (Å²) in [6.45, 7) is 1.60. The lowest BCUT2D eigenvalue weighted by molar-refractivity contribution is -0.116. The molecule has 2 heterocycles. The summed E-state index contributed by atoms with van der Waals surface area (Å²) in [4.78, 5) is 20.8. The first kappa shape index (κ1) is 10.1. The fourth-order valence-electron chi connectivity index (χ4n) is 2.47. The smallest absolute Gasteiger partial charge is 0.224 e. The number of benzene rings is 1. The molecule has 1 aromatic carbocycles. The number of fused-ring (bicyclic) bond motifs is 1. The maximum Gasteiger partial charge on any atom is 0.224 e. The molecule has 86 valence electrons. The third-order valence-corrected chi connectivity index (χ3v) is 3.19. The molecule has 0 saturated carbocycles. The zero-order chi connectivity index (χ0) is 11.8. The number of para-hydroxylation sites is 1. The number of amides is 1. The molecule has 1 aliphatic heterocycles. The van der Waals surface area contributed by atoms with Crippen LogP contribution in [0, 0.1) is 0 Å². The minimum Gasteiger partial charge on any atom is -0.347 e. The van der Waals surface area contributed by atoms with Gasteiger partial charge in [0.2, 0.25) is 5.91 Å². The Morgan fingerprint density at radius 2 is 2.29 bits per heavy atom. The third-order valence-electron chi connectivity index (χ3n) is 3.19. The van der Waals surface area contributed by atoms with Crippen LogP contribution in [0.5, 0.6) is 0 Å². The Kier molecular flexibility index (Phi) is 2.21. The van der Waals surface area contributed by atoms with Gasteiger partial charge in [-0.2, -0.15) is 0 Å².